The molecule has 16 aromatic rings. The molecule has 4 aliphatic heterocycles. The van der Waals surface area contributed by atoms with Crippen molar-refractivity contribution in [1.29, 1.82) is 0 Å². The molecule has 0 bridgehead atoms. The van der Waals surface area contributed by atoms with Crippen LogP contribution in [0.3, 0.4) is 0 Å². The predicted octanol–water partition coefficient (Wildman–Crippen LogP) is 26.1. The summed E-state index contributed by atoms with van der Waals surface area (Å²) in [5, 5.41) is 7.18. The smallest absolute Gasteiger partial charge is 0.422 e. The molecule has 4 amide bonds. The van der Waals surface area contributed by atoms with E-state index < -0.39 is 45.7 Å². The van der Waals surface area contributed by atoms with Crippen molar-refractivity contribution < 1.29 is 64.1 Å². The lowest BCUT2D eigenvalue weighted by atomic mass is 9.92. The minimum Gasteiger partial charge on any atom is -0.422 e. The van der Waals surface area contributed by atoms with E-state index in [2.05, 4.69) is 38.1 Å². The van der Waals surface area contributed by atoms with Crippen molar-refractivity contribution in [2.24, 2.45) is 0 Å². The van der Waals surface area contributed by atoms with Crippen molar-refractivity contribution in [3.63, 3.8) is 0 Å². The number of aryl methyl sites for hydroxylation is 2. The molecule has 0 spiro atoms. The van der Waals surface area contributed by atoms with Gasteiger partial charge in [0.05, 0.1) is 45.0 Å². The molecule has 20 rings (SSSR count). The summed E-state index contributed by atoms with van der Waals surface area (Å²) < 4.78 is 89.0. The Morgan fingerprint density at radius 1 is 0.263 bits per heavy atom. The third kappa shape index (κ3) is 13.8. The van der Waals surface area contributed by atoms with E-state index in [9.17, 15) is 28.0 Å². The van der Waals surface area contributed by atoms with Gasteiger partial charge < -0.3 is 36.2 Å². The van der Waals surface area contributed by atoms with Gasteiger partial charge in [-0.1, -0.05) is 220 Å². The number of nitrogens with zero attached hydrogens (tertiary/aromatic N) is 4. The molecule has 16 aromatic carbocycles. The number of amides is 4. The van der Waals surface area contributed by atoms with Gasteiger partial charge in [0.15, 0.2) is 0 Å². The molecule has 4 atom stereocenters. The molecule has 0 saturated carbocycles. The lowest BCUT2D eigenvalue weighted by molar-refractivity contribution is 0.0986. The molecule has 16 nitrogen and oxygen atoms in total. The number of para-hydroxylation sites is 6. The second-order valence-corrected chi connectivity index (χ2v) is 32.7. The van der Waals surface area contributed by atoms with E-state index in [1.54, 1.807) is 82.1 Å². The average Bonchev–Trinajstić information content (AvgIpc) is 0.743. The highest BCUT2D eigenvalue weighted by Crippen LogP contribution is 2.62. The maximum Gasteiger partial charge on any atom is 0.424 e. The monoisotopic (exact) mass is 1630 g/mol. The van der Waals surface area contributed by atoms with E-state index in [0.717, 1.165) is 76.7 Å². The molecule has 4 aliphatic rings. The number of halogens is 2. The van der Waals surface area contributed by atoms with Crippen molar-refractivity contribution in [1.82, 2.24) is 0 Å². The average molecular weight is 1630 g/mol. The Bertz CT molecular complexity index is 6290. The molecule has 0 fully saturated rings. The highest BCUT2D eigenvalue weighted by Gasteiger charge is 2.46. The van der Waals surface area contributed by atoms with Crippen LogP contribution in [0.15, 0.2) is 340 Å². The van der Waals surface area contributed by atoms with Crippen molar-refractivity contribution in [3.8, 4) is 68.2 Å². The number of benzene rings is 16. The summed E-state index contributed by atoms with van der Waals surface area (Å²) in [6.07, 6.45) is 1.42. The van der Waals surface area contributed by atoms with Crippen LogP contribution in [0.5, 0.6) is 46.0 Å². The largest absolute Gasteiger partial charge is 0.424 e. The second kappa shape index (κ2) is 31.9. The third-order valence-electron chi connectivity index (χ3n) is 20.7. The Balaban J connectivity index is 0.000000157. The SMILES string of the molecule is CCc1ccccc1N1C(=O)c2ccccc2OP1Oc1ccc2ccccc2c1-c1c(OP2Oc3ccccc3C(=O)N2c2ccccc2CC)ccc2ccccc12.O=C1c2ccccc2OP(Oc2ccc3ccccc3c2-c2c(OP3Oc4ccccc4C(=O)N3c3ccc(F)cc3)ccc3ccccc23)N1c1ccc(F)cc1. The van der Waals surface area contributed by atoms with E-state index in [4.69, 9.17) is 36.2 Å². The van der Waals surface area contributed by atoms with Crippen LogP contribution >= 0.6 is 34.1 Å². The zero-order chi connectivity index (χ0) is 80.1. The highest BCUT2D eigenvalue weighted by atomic mass is 31.2. The summed E-state index contributed by atoms with van der Waals surface area (Å²) in [6, 6.07) is 103. The Labute approximate surface area is 682 Å². The lowest BCUT2D eigenvalue weighted by Crippen LogP contribution is -2.34. The first-order valence-electron chi connectivity index (χ1n) is 38.1. The van der Waals surface area contributed by atoms with E-state index in [1.807, 2.05) is 194 Å². The van der Waals surface area contributed by atoms with Crippen molar-refractivity contribution in [2.45, 2.75) is 26.7 Å². The van der Waals surface area contributed by atoms with Crippen molar-refractivity contribution >= 4 is 124 Å². The van der Waals surface area contributed by atoms with E-state index in [1.165, 1.54) is 57.9 Å². The zero-order valence-corrected chi connectivity index (χ0v) is 66.6. The Kier molecular flexibility index (Phi) is 20.1. The number of fused-ring (bicyclic) bond motifs is 8. The number of hydrogen-bond donors (Lipinski definition) is 0. The van der Waals surface area contributed by atoms with E-state index in [-0.39, 0.29) is 23.6 Å². The quantitative estimate of drug-likeness (QED) is 0.0846. The normalized spacial score (nSPS) is 16.0. The van der Waals surface area contributed by atoms with Gasteiger partial charge in [-0.15, -0.1) is 0 Å². The molecule has 0 aromatic heterocycles. The van der Waals surface area contributed by atoms with Crippen LogP contribution in [0.2, 0.25) is 0 Å². The minimum absolute atomic E-state index is 0.199. The first-order valence-corrected chi connectivity index (χ1v) is 42.6. The first kappa shape index (κ1) is 74.5. The number of anilines is 4. The fourth-order valence-corrected chi connectivity index (χ4v) is 20.9. The second-order valence-electron chi connectivity index (χ2n) is 27.7. The van der Waals surface area contributed by atoms with Crippen LogP contribution in [0.1, 0.15) is 66.4 Å². The minimum atomic E-state index is -2.21. The molecular weight excluding hydrogens is 1560 g/mol. The van der Waals surface area contributed by atoms with Gasteiger partial charge in [-0.3, -0.25) is 19.2 Å². The Hall–Kier alpha value is -13.6. The predicted molar refractivity (Wildman–Crippen MR) is 464 cm³/mol. The molecule has 22 heteroatoms. The van der Waals surface area contributed by atoms with Gasteiger partial charge in [0.25, 0.3) is 23.6 Å². The van der Waals surface area contributed by atoms with Crippen LogP contribution in [0.4, 0.5) is 31.5 Å². The van der Waals surface area contributed by atoms with Crippen molar-refractivity contribution in [2.75, 3.05) is 18.7 Å². The van der Waals surface area contributed by atoms with Gasteiger partial charge in [-0.25, -0.2) is 27.5 Å². The highest BCUT2D eigenvalue weighted by molar-refractivity contribution is 7.52. The van der Waals surface area contributed by atoms with Crippen LogP contribution in [-0.4, -0.2) is 23.6 Å². The zero-order valence-electron chi connectivity index (χ0n) is 63.0. The first-order chi connectivity index (χ1) is 57.9. The molecule has 0 N–H and O–H groups in total. The van der Waals surface area contributed by atoms with Crippen LogP contribution in [0.25, 0.3) is 65.3 Å². The number of hydrogen-bond acceptors (Lipinski definition) is 12. The topological polar surface area (TPSA) is 155 Å². The van der Waals surface area contributed by atoms with Crippen LogP contribution in [-0.2, 0) is 12.8 Å². The number of carbonyl (C=O) groups is 4. The molecule has 118 heavy (non-hydrogen) atoms. The molecular formula is C96H66F2N4O12P4. The molecule has 0 saturated heterocycles. The molecule has 4 unspecified atom stereocenters. The van der Waals surface area contributed by atoms with E-state index >= 15 is 0 Å². The summed E-state index contributed by atoms with van der Waals surface area (Å²) in [6.45, 7) is 4.14. The molecule has 0 radical (unpaired) electrons. The van der Waals surface area contributed by atoms with E-state index in [0.29, 0.717) is 104 Å². The van der Waals surface area contributed by atoms with Crippen molar-refractivity contribution in [3.05, 3.63) is 385 Å². The third-order valence-corrected chi connectivity index (χ3v) is 26.5. The molecule has 0 aliphatic carbocycles. The van der Waals surface area contributed by atoms with Gasteiger partial charge in [-0.05, 0) is 201 Å². The summed E-state index contributed by atoms with van der Waals surface area (Å²) in [5.41, 5.74) is 8.63. The maximum atomic E-state index is 14.5. The summed E-state index contributed by atoms with van der Waals surface area (Å²) in [4.78, 5) is 57.5. The number of rotatable bonds is 16. The summed E-state index contributed by atoms with van der Waals surface area (Å²) >= 11 is 0. The van der Waals surface area contributed by atoms with Gasteiger partial charge in [-0.2, -0.15) is 0 Å². The van der Waals surface area contributed by atoms with Crippen LogP contribution in [0, 0.1) is 11.6 Å². The number of carbonyl (C=O) groups excluding carboxylic acids is 4. The fraction of sp³-hybridized carbons (Fsp3) is 0.0417. The van der Waals surface area contributed by atoms with Crippen LogP contribution < -0.4 is 54.9 Å². The summed E-state index contributed by atoms with van der Waals surface area (Å²) in [7, 11) is -8.58. The molecule has 4 heterocycles. The van der Waals surface area contributed by atoms with Gasteiger partial charge in [0.1, 0.15) is 57.6 Å². The maximum absolute atomic E-state index is 14.5. The standard InChI is InChI=1S/C50H38N2O6P2.C46H28F2N2O6P2/c1-3-33-17-7-13-25-41(33)51-49(53)39-23-11-15-27-43(39)55-59(51)57-45-31-29-35-19-5-9-21-37(35)47(45)48-38-22-10-6-20-36(38)30-32-46(48)58-60-52(42-26-14-8-18-34(42)4-2)50(54)40-24-12-16-28-44(40)56-60;47-31-19-23-33(24-20-31)49-45(51)37-13-5-7-15-39(37)53-57(49)55-41-27-17-29-9-1-3-11-35(29)43(41)44-36-12-4-2-10-30(36)18-28-42(44)56-58-50(34-25-21-32(48)22-26-34)46(52)38-14-6-8-16-40(38)54-58/h5-32H,3-4H2,1-2H3;1-28H. The van der Waals surface area contributed by atoms with Gasteiger partial charge in [0.2, 0.25) is 0 Å². The Morgan fingerprint density at radius 3 is 0.788 bits per heavy atom. The Morgan fingerprint density at radius 2 is 0.500 bits per heavy atom. The fourth-order valence-electron chi connectivity index (χ4n) is 15.1. The van der Waals surface area contributed by atoms with Gasteiger partial charge in [0, 0.05) is 22.3 Å². The lowest BCUT2D eigenvalue weighted by Gasteiger charge is -2.36. The molecule has 576 valence electrons. The van der Waals surface area contributed by atoms with Gasteiger partial charge >= 0.3 is 34.1 Å². The summed E-state index contributed by atoms with van der Waals surface area (Å²) in [5.74, 6) is 1.36.